The Morgan fingerprint density at radius 2 is 1.81 bits per heavy atom. The van der Waals surface area contributed by atoms with Crippen LogP contribution in [-0.2, 0) is 0 Å². The third-order valence-corrected chi connectivity index (χ3v) is 4.07. The average Bonchev–Trinajstić information content (AvgIpc) is 2.58. The van der Waals surface area contributed by atoms with Gasteiger partial charge in [0.2, 0.25) is 0 Å². The van der Waals surface area contributed by atoms with E-state index in [1.807, 2.05) is 21.0 Å². The van der Waals surface area contributed by atoms with Gasteiger partial charge < -0.3 is 4.90 Å². The second kappa shape index (κ2) is 4.55. The number of nitrogens with zero attached hydrogens (tertiary/aromatic N) is 2. The largest absolute Gasteiger partial charge is 0.378 e. The summed E-state index contributed by atoms with van der Waals surface area (Å²) in [6.45, 7) is 2.04. The highest BCUT2D eigenvalue weighted by atomic mass is 79.9. The molecule has 0 saturated heterocycles. The summed E-state index contributed by atoms with van der Waals surface area (Å²) >= 11 is 5.09. The maximum Gasteiger partial charge on any atom is 0.159 e. The SMILES string of the molecule is Cc1nc(Br)sc1-c1ccc(N(C)C)cc1. The van der Waals surface area contributed by atoms with Gasteiger partial charge in [-0.15, -0.1) is 11.3 Å². The molecule has 0 radical (unpaired) electrons. The average molecular weight is 297 g/mol. The van der Waals surface area contributed by atoms with Gasteiger partial charge >= 0.3 is 0 Å². The summed E-state index contributed by atoms with van der Waals surface area (Å²) in [4.78, 5) is 7.70. The van der Waals surface area contributed by atoms with Crippen LogP contribution in [0.1, 0.15) is 5.69 Å². The Hall–Kier alpha value is -0.870. The molecule has 0 atom stereocenters. The van der Waals surface area contributed by atoms with Crippen molar-refractivity contribution in [3.8, 4) is 10.4 Å². The number of halogens is 1. The van der Waals surface area contributed by atoms with Gasteiger partial charge in [0, 0.05) is 19.8 Å². The van der Waals surface area contributed by atoms with Gasteiger partial charge in [0.25, 0.3) is 0 Å². The molecule has 84 valence electrons. The molecule has 1 aromatic carbocycles. The quantitative estimate of drug-likeness (QED) is 0.834. The summed E-state index contributed by atoms with van der Waals surface area (Å²) in [5, 5.41) is 0. The molecule has 0 bridgehead atoms. The van der Waals surface area contributed by atoms with E-state index in [1.165, 1.54) is 16.1 Å². The van der Waals surface area contributed by atoms with Crippen molar-refractivity contribution in [2.24, 2.45) is 0 Å². The Morgan fingerprint density at radius 1 is 1.19 bits per heavy atom. The van der Waals surface area contributed by atoms with E-state index in [9.17, 15) is 0 Å². The number of aromatic nitrogens is 1. The van der Waals surface area contributed by atoms with Gasteiger partial charge in [-0.3, -0.25) is 0 Å². The van der Waals surface area contributed by atoms with E-state index >= 15 is 0 Å². The number of hydrogen-bond acceptors (Lipinski definition) is 3. The van der Waals surface area contributed by atoms with E-state index < -0.39 is 0 Å². The summed E-state index contributed by atoms with van der Waals surface area (Å²) in [5.41, 5.74) is 3.52. The first-order chi connectivity index (χ1) is 7.58. The molecule has 1 heterocycles. The molecular formula is C12H13BrN2S. The molecule has 0 amide bonds. The van der Waals surface area contributed by atoms with Crippen molar-refractivity contribution in [3.05, 3.63) is 33.9 Å². The number of hydrogen-bond donors (Lipinski definition) is 0. The van der Waals surface area contributed by atoms with Gasteiger partial charge in [-0.2, -0.15) is 0 Å². The zero-order chi connectivity index (χ0) is 11.7. The molecule has 0 saturated carbocycles. The van der Waals surface area contributed by atoms with Crippen LogP contribution in [0.25, 0.3) is 10.4 Å². The molecular weight excluding hydrogens is 284 g/mol. The first kappa shape index (κ1) is 11.6. The van der Waals surface area contributed by atoms with Gasteiger partial charge in [-0.25, -0.2) is 4.98 Å². The number of benzene rings is 1. The highest BCUT2D eigenvalue weighted by Crippen LogP contribution is 2.33. The molecule has 0 aliphatic rings. The Labute approximate surface area is 108 Å². The fourth-order valence-electron chi connectivity index (χ4n) is 1.54. The predicted molar refractivity (Wildman–Crippen MR) is 74.3 cm³/mol. The Balaban J connectivity index is 2.38. The van der Waals surface area contributed by atoms with E-state index in [0.29, 0.717) is 0 Å². The highest BCUT2D eigenvalue weighted by molar-refractivity contribution is 9.11. The second-order valence-electron chi connectivity index (χ2n) is 3.82. The van der Waals surface area contributed by atoms with Crippen LogP contribution in [0, 0.1) is 6.92 Å². The predicted octanol–water partition coefficient (Wildman–Crippen LogP) is 3.95. The van der Waals surface area contributed by atoms with E-state index in [0.717, 1.165) is 9.61 Å². The lowest BCUT2D eigenvalue weighted by molar-refractivity contribution is 1.13. The van der Waals surface area contributed by atoms with Crippen LogP contribution in [0.15, 0.2) is 28.2 Å². The molecule has 16 heavy (non-hydrogen) atoms. The molecule has 0 N–H and O–H groups in total. The van der Waals surface area contributed by atoms with Gasteiger partial charge in [-0.05, 0) is 40.5 Å². The standard InChI is InChI=1S/C12H13BrN2S/c1-8-11(16-12(13)14-8)9-4-6-10(7-5-9)15(2)3/h4-7H,1-3H3. The number of rotatable bonds is 2. The number of aryl methyl sites for hydroxylation is 1. The van der Waals surface area contributed by atoms with E-state index in [4.69, 9.17) is 0 Å². The lowest BCUT2D eigenvalue weighted by Crippen LogP contribution is -2.07. The Bertz CT molecular complexity index is 488. The van der Waals surface area contributed by atoms with Crippen molar-refractivity contribution < 1.29 is 0 Å². The molecule has 0 aliphatic carbocycles. The number of thiazole rings is 1. The third-order valence-electron chi connectivity index (χ3n) is 2.42. The van der Waals surface area contributed by atoms with Crippen molar-refractivity contribution in [1.82, 2.24) is 4.98 Å². The van der Waals surface area contributed by atoms with Crippen LogP contribution in [0.4, 0.5) is 5.69 Å². The third kappa shape index (κ3) is 2.28. The van der Waals surface area contributed by atoms with Gasteiger partial charge in [0.05, 0.1) is 10.6 Å². The molecule has 2 aromatic rings. The summed E-state index contributed by atoms with van der Waals surface area (Å²) in [6.07, 6.45) is 0. The lowest BCUT2D eigenvalue weighted by Gasteiger charge is -2.12. The van der Waals surface area contributed by atoms with Gasteiger partial charge in [0.15, 0.2) is 3.92 Å². The monoisotopic (exact) mass is 296 g/mol. The Morgan fingerprint density at radius 3 is 2.25 bits per heavy atom. The van der Waals surface area contributed by atoms with Crippen LogP contribution in [0.5, 0.6) is 0 Å². The molecule has 4 heteroatoms. The molecule has 2 rings (SSSR count). The first-order valence-corrected chi connectivity index (χ1v) is 6.59. The van der Waals surface area contributed by atoms with Crippen LogP contribution >= 0.6 is 27.3 Å². The van der Waals surface area contributed by atoms with Crippen molar-refractivity contribution in [2.45, 2.75) is 6.92 Å². The minimum absolute atomic E-state index is 0.941. The normalized spacial score (nSPS) is 10.5. The fraction of sp³-hybridized carbons (Fsp3) is 0.250. The first-order valence-electron chi connectivity index (χ1n) is 4.98. The van der Waals surface area contributed by atoms with Gasteiger partial charge in [0.1, 0.15) is 0 Å². The van der Waals surface area contributed by atoms with E-state index in [1.54, 1.807) is 11.3 Å². The highest BCUT2D eigenvalue weighted by Gasteiger charge is 2.08. The van der Waals surface area contributed by atoms with Crippen molar-refractivity contribution >= 4 is 33.0 Å². The molecule has 1 aromatic heterocycles. The number of anilines is 1. The minimum atomic E-state index is 0.941. The van der Waals surface area contributed by atoms with Crippen molar-refractivity contribution in [3.63, 3.8) is 0 Å². The zero-order valence-corrected chi connectivity index (χ0v) is 11.9. The van der Waals surface area contributed by atoms with Gasteiger partial charge in [-0.1, -0.05) is 12.1 Å². The van der Waals surface area contributed by atoms with Crippen LogP contribution in [-0.4, -0.2) is 19.1 Å². The molecule has 0 spiro atoms. The smallest absolute Gasteiger partial charge is 0.159 e. The second-order valence-corrected chi connectivity index (χ2v) is 6.10. The maximum absolute atomic E-state index is 4.37. The van der Waals surface area contributed by atoms with Crippen molar-refractivity contribution in [2.75, 3.05) is 19.0 Å². The van der Waals surface area contributed by atoms with Crippen LogP contribution in [0.2, 0.25) is 0 Å². The van der Waals surface area contributed by atoms with Crippen molar-refractivity contribution in [1.29, 1.82) is 0 Å². The zero-order valence-electron chi connectivity index (χ0n) is 9.49. The summed E-state index contributed by atoms with van der Waals surface area (Å²) < 4.78 is 0.941. The maximum atomic E-state index is 4.37. The molecule has 0 aliphatic heterocycles. The van der Waals surface area contributed by atoms with Crippen LogP contribution in [0.3, 0.4) is 0 Å². The minimum Gasteiger partial charge on any atom is -0.378 e. The topological polar surface area (TPSA) is 16.1 Å². The lowest BCUT2D eigenvalue weighted by atomic mass is 10.1. The Kier molecular flexibility index (Phi) is 3.30. The summed E-state index contributed by atoms with van der Waals surface area (Å²) in [5.74, 6) is 0. The molecule has 2 nitrogen and oxygen atoms in total. The van der Waals surface area contributed by atoms with E-state index in [-0.39, 0.29) is 0 Å². The molecule has 0 unspecified atom stereocenters. The van der Waals surface area contributed by atoms with Crippen LogP contribution < -0.4 is 4.90 Å². The van der Waals surface area contributed by atoms with E-state index in [2.05, 4.69) is 50.1 Å². The summed E-state index contributed by atoms with van der Waals surface area (Å²) in [7, 11) is 4.09. The fourth-order valence-corrected chi connectivity index (χ4v) is 3.09. The summed E-state index contributed by atoms with van der Waals surface area (Å²) in [6, 6.07) is 8.54. The molecule has 0 fully saturated rings.